The van der Waals surface area contributed by atoms with Gasteiger partial charge in [0.25, 0.3) is 0 Å². The number of hydrogen-bond acceptors (Lipinski definition) is 4. The minimum Gasteiger partial charge on any atom is -0.320 e. The molecule has 0 radical (unpaired) electrons. The molecule has 0 aliphatic carbocycles. The second-order valence-electron chi connectivity index (χ2n) is 3.92. The van der Waals surface area contributed by atoms with Gasteiger partial charge in [-0.2, -0.15) is 0 Å². The van der Waals surface area contributed by atoms with Crippen LogP contribution in [0.25, 0.3) is 0 Å². The first kappa shape index (κ1) is 6.61. The van der Waals surface area contributed by atoms with Crippen LogP contribution in [0.1, 0.15) is 0 Å². The van der Waals surface area contributed by atoms with E-state index in [9.17, 15) is 4.57 Å². The molecule has 0 aromatic carbocycles. The van der Waals surface area contributed by atoms with Crippen molar-refractivity contribution in [3.8, 4) is 0 Å². The molecular formula is C6H12N3OP. The van der Waals surface area contributed by atoms with E-state index < -0.39 is 7.14 Å². The third-order valence-electron chi connectivity index (χ3n) is 2.57. The van der Waals surface area contributed by atoms with Crippen LogP contribution in [-0.4, -0.2) is 53.6 Å². The standard InChI is InChI=1S/C6H12N3OP/c10-11-4-7-1-8(5-11)3-9(2-7)6-11/h1-6H2. The van der Waals surface area contributed by atoms with E-state index in [4.69, 9.17) is 0 Å². The summed E-state index contributed by atoms with van der Waals surface area (Å²) in [6, 6.07) is 0. The van der Waals surface area contributed by atoms with Gasteiger partial charge in [-0.05, 0) is 0 Å². The van der Waals surface area contributed by atoms with Crippen LogP contribution in [0.2, 0.25) is 0 Å². The summed E-state index contributed by atoms with van der Waals surface area (Å²) in [5.74, 6) is 0. The van der Waals surface area contributed by atoms with Crippen LogP contribution in [0.3, 0.4) is 0 Å². The summed E-state index contributed by atoms with van der Waals surface area (Å²) < 4.78 is 12.0. The van der Waals surface area contributed by atoms with Crippen molar-refractivity contribution < 1.29 is 4.57 Å². The van der Waals surface area contributed by atoms with Crippen LogP contribution in [-0.2, 0) is 4.57 Å². The van der Waals surface area contributed by atoms with Crippen LogP contribution in [0.5, 0.6) is 0 Å². The molecule has 4 nitrogen and oxygen atoms in total. The quantitative estimate of drug-likeness (QED) is 0.483. The molecule has 62 valence electrons. The average molecular weight is 173 g/mol. The van der Waals surface area contributed by atoms with Gasteiger partial charge < -0.3 is 4.57 Å². The first-order chi connectivity index (χ1) is 5.23. The maximum absolute atomic E-state index is 12.0. The summed E-state index contributed by atoms with van der Waals surface area (Å²) in [5, 5.41) is 0. The number of rotatable bonds is 0. The monoisotopic (exact) mass is 173 g/mol. The van der Waals surface area contributed by atoms with Gasteiger partial charge in [-0.3, -0.25) is 14.7 Å². The molecule has 0 spiro atoms. The van der Waals surface area contributed by atoms with Crippen molar-refractivity contribution in [3.63, 3.8) is 0 Å². The summed E-state index contributed by atoms with van der Waals surface area (Å²) in [6.45, 7) is 3.13. The molecular weight excluding hydrogens is 161 g/mol. The van der Waals surface area contributed by atoms with Crippen molar-refractivity contribution in [2.24, 2.45) is 0 Å². The van der Waals surface area contributed by atoms with Crippen molar-refractivity contribution in [3.05, 3.63) is 0 Å². The fourth-order valence-electron chi connectivity index (χ4n) is 2.48. The highest BCUT2D eigenvalue weighted by atomic mass is 31.2. The predicted octanol–water partition coefficient (Wildman–Crippen LogP) is 0.0413. The highest BCUT2D eigenvalue weighted by Gasteiger charge is 2.44. The topological polar surface area (TPSA) is 26.8 Å². The van der Waals surface area contributed by atoms with Gasteiger partial charge in [0.05, 0.1) is 38.9 Å². The van der Waals surface area contributed by atoms with Gasteiger partial charge in [0.15, 0.2) is 0 Å². The van der Waals surface area contributed by atoms with Gasteiger partial charge in [-0.1, -0.05) is 0 Å². The second-order valence-corrected chi connectivity index (χ2v) is 6.88. The Kier molecular flexibility index (Phi) is 1.13. The number of nitrogens with zero attached hydrogens (tertiary/aromatic N) is 3. The zero-order valence-corrected chi connectivity index (χ0v) is 7.33. The van der Waals surface area contributed by atoms with E-state index in [1.807, 2.05) is 0 Å². The van der Waals surface area contributed by atoms with E-state index in [1.165, 1.54) is 0 Å². The Hall–Kier alpha value is 0.110. The third-order valence-corrected chi connectivity index (χ3v) is 5.32. The lowest BCUT2D eigenvalue weighted by Gasteiger charge is -2.54. The SMILES string of the molecule is O=P12CN3CN(CN(C3)C1)C2. The van der Waals surface area contributed by atoms with E-state index in [1.54, 1.807) is 0 Å². The molecule has 4 bridgehead atoms. The summed E-state index contributed by atoms with van der Waals surface area (Å²) in [6.07, 6.45) is 2.62. The lowest BCUT2D eigenvalue weighted by molar-refractivity contribution is -0.0301. The molecule has 0 saturated carbocycles. The molecule has 5 heteroatoms. The molecule has 11 heavy (non-hydrogen) atoms. The third kappa shape index (κ3) is 0.905. The summed E-state index contributed by atoms with van der Waals surface area (Å²) in [7, 11) is -1.79. The zero-order valence-electron chi connectivity index (χ0n) is 6.44. The van der Waals surface area contributed by atoms with E-state index >= 15 is 0 Å². The first-order valence-electron chi connectivity index (χ1n) is 3.98. The van der Waals surface area contributed by atoms with E-state index in [-0.39, 0.29) is 0 Å². The second kappa shape index (κ2) is 1.88. The molecule has 4 saturated heterocycles. The lowest BCUT2D eigenvalue weighted by Crippen LogP contribution is -2.63. The summed E-state index contributed by atoms with van der Waals surface area (Å²) in [4.78, 5) is 6.87. The molecule has 4 aliphatic rings. The molecule has 0 amide bonds. The Morgan fingerprint density at radius 1 is 0.818 bits per heavy atom. The smallest absolute Gasteiger partial charge is 0.128 e. The van der Waals surface area contributed by atoms with Crippen molar-refractivity contribution >= 4 is 7.14 Å². The number of hydrogen-bond donors (Lipinski definition) is 0. The minimum atomic E-state index is -1.79. The zero-order chi connectivity index (χ0) is 7.47. The summed E-state index contributed by atoms with van der Waals surface area (Å²) in [5.41, 5.74) is 0. The average Bonchev–Trinajstić information content (AvgIpc) is 1.79. The van der Waals surface area contributed by atoms with Gasteiger partial charge >= 0.3 is 0 Å². The van der Waals surface area contributed by atoms with Gasteiger partial charge in [0.2, 0.25) is 0 Å². The van der Waals surface area contributed by atoms with Crippen LogP contribution in [0.4, 0.5) is 0 Å². The highest BCUT2D eigenvalue weighted by Crippen LogP contribution is 2.54. The van der Waals surface area contributed by atoms with Gasteiger partial charge in [0.1, 0.15) is 7.14 Å². The molecule has 4 rings (SSSR count). The van der Waals surface area contributed by atoms with Crippen molar-refractivity contribution in [2.75, 3.05) is 38.9 Å². The molecule has 0 aromatic rings. The molecule has 0 atom stereocenters. The summed E-state index contributed by atoms with van der Waals surface area (Å²) >= 11 is 0. The van der Waals surface area contributed by atoms with Crippen molar-refractivity contribution in [2.45, 2.75) is 0 Å². The Morgan fingerprint density at radius 3 is 1.45 bits per heavy atom. The van der Waals surface area contributed by atoms with Gasteiger partial charge in [0, 0.05) is 0 Å². The largest absolute Gasteiger partial charge is 0.320 e. The fourth-order valence-corrected chi connectivity index (χ4v) is 5.47. The van der Waals surface area contributed by atoms with Crippen LogP contribution in [0.15, 0.2) is 0 Å². The normalized spacial score (nSPS) is 60.2. The van der Waals surface area contributed by atoms with E-state index in [0.29, 0.717) is 0 Å². The Bertz CT molecular complexity index is 200. The highest BCUT2D eigenvalue weighted by molar-refractivity contribution is 7.63. The van der Waals surface area contributed by atoms with Crippen LogP contribution >= 0.6 is 7.14 Å². The molecule has 4 fully saturated rings. The Labute approximate surface area is 66.1 Å². The Morgan fingerprint density at radius 2 is 1.18 bits per heavy atom. The molecule has 4 heterocycles. The van der Waals surface area contributed by atoms with Gasteiger partial charge in [-0.25, -0.2) is 0 Å². The van der Waals surface area contributed by atoms with Gasteiger partial charge in [-0.15, -0.1) is 0 Å². The van der Waals surface area contributed by atoms with E-state index in [0.717, 1.165) is 38.9 Å². The van der Waals surface area contributed by atoms with Crippen LogP contribution in [0, 0.1) is 0 Å². The van der Waals surface area contributed by atoms with Crippen molar-refractivity contribution in [1.29, 1.82) is 0 Å². The van der Waals surface area contributed by atoms with Crippen molar-refractivity contribution in [1.82, 2.24) is 14.7 Å². The molecule has 4 aliphatic heterocycles. The molecule has 0 N–H and O–H groups in total. The molecule has 0 unspecified atom stereocenters. The predicted molar refractivity (Wildman–Crippen MR) is 42.3 cm³/mol. The van der Waals surface area contributed by atoms with E-state index in [2.05, 4.69) is 14.7 Å². The Balaban J connectivity index is 2.00. The lowest BCUT2D eigenvalue weighted by atomic mass is 10.5. The fraction of sp³-hybridized carbons (Fsp3) is 1.00. The molecule has 0 aromatic heterocycles. The van der Waals surface area contributed by atoms with Crippen LogP contribution < -0.4 is 0 Å². The maximum atomic E-state index is 12.0. The maximum Gasteiger partial charge on any atom is 0.128 e. The minimum absolute atomic E-state index is 0.875. The first-order valence-corrected chi connectivity index (χ1v) is 6.24.